The molecule has 1 atom stereocenters. The maximum atomic E-state index is 5.80. The summed E-state index contributed by atoms with van der Waals surface area (Å²) in [4.78, 5) is 7.77. The summed E-state index contributed by atoms with van der Waals surface area (Å²) in [7, 11) is 2.06. The first-order valence-electron chi connectivity index (χ1n) is 6.49. The minimum atomic E-state index is 0.117. The molecule has 0 aliphatic heterocycles. The summed E-state index contributed by atoms with van der Waals surface area (Å²) >= 11 is 0. The van der Waals surface area contributed by atoms with Gasteiger partial charge in [-0.15, -0.1) is 0 Å². The van der Waals surface area contributed by atoms with E-state index in [1.165, 1.54) is 16.5 Å². The Kier molecular flexibility index (Phi) is 2.87. The van der Waals surface area contributed by atoms with Crippen LogP contribution in [0.3, 0.4) is 0 Å². The quantitative estimate of drug-likeness (QED) is 0.754. The lowest BCUT2D eigenvalue weighted by Crippen LogP contribution is -2.18. The fraction of sp³-hybridized carbons (Fsp3) is 0.267. The van der Waals surface area contributed by atoms with Crippen molar-refractivity contribution in [1.29, 1.82) is 0 Å². The van der Waals surface area contributed by atoms with Crippen LogP contribution in [0.4, 0.5) is 0 Å². The summed E-state index contributed by atoms with van der Waals surface area (Å²) in [6.07, 6.45) is 4.79. The Morgan fingerprint density at radius 1 is 1.37 bits per heavy atom. The minimum Gasteiger partial charge on any atom is -0.350 e. The zero-order valence-corrected chi connectivity index (χ0v) is 11.2. The van der Waals surface area contributed by atoms with Gasteiger partial charge in [-0.05, 0) is 13.0 Å². The van der Waals surface area contributed by atoms with E-state index in [0.717, 1.165) is 17.9 Å². The Labute approximate surface area is 112 Å². The molecule has 19 heavy (non-hydrogen) atoms. The standard InChI is InChI=1S/C15H18N4/c1-10(16)7-15-17-8-13(18-15)12-9-19(2)14-6-4-3-5-11(12)14/h3-6,8-10H,7,16H2,1-2H3,(H,17,18). The number of fused-ring (bicyclic) bond motifs is 1. The number of hydrogen-bond acceptors (Lipinski definition) is 2. The summed E-state index contributed by atoms with van der Waals surface area (Å²) < 4.78 is 2.14. The van der Waals surface area contributed by atoms with Crippen LogP contribution in [0.25, 0.3) is 22.2 Å². The zero-order chi connectivity index (χ0) is 13.4. The van der Waals surface area contributed by atoms with Crippen molar-refractivity contribution in [2.45, 2.75) is 19.4 Å². The summed E-state index contributed by atoms with van der Waals surface area (Å²) in [6.45, 7) is 1.99. The molecule has 0 aliphatic rings. The third-order valence-corrected chi connectivity index (χ3v) is 3.33. The Morgan fingerprint density at radius 2 is 2.16 bits per heavy atom. The number of nitrogens with zero attached hydrogens (tertiary/aromatic N) is 2. The molecule has 0 spiro atoms. The molecular formula is C15H18N4. The third kappa shape index (κ3) is 2.15. The topological polar surface area (TPSA) is 59.6 Å². The molecule has 1 unspecified atom stereocenters. The number of nitrogens with one attached hydrogen (secondary N) is 1. The van der Waals surface area contributed by atoms with Crippen LogP contribution in [0.5, 0.6) is 0 Å². The highest BCUT2D eigenvalue weighted by molar-refractivity contribution is 5.95. The molecular weight excluding hydrogens is 236 g/mol. The van der Waals surface area contributed by atoms with Crippen LogP contribution in [0.15, 0.2) is 36.7 Å². The van der Waals surface area contributed by atoms with Gasteiger partial charge in [0.15, 0.2) is 0 Å². The van der Waals surface area contributed by atoms with Crippen molar-refractivity contribution >= 4 is 10.9 Å². The minimum absolute atomic E-state index is 0.117. The lowest BCUT2D eigenvalue weighted by Gasteiger charge is -2.00. The molecule has 0 aliphatic carbocycles. The van der Waals surface area contributed by atoms with E-state index in [0.29, 0.717) is 0 Å². The normalized spacial score (nSPS) is 13.0. The average Bonchev–Trinajstić information content (AvgIpc) is 2.95. The molecule has 98 valence electrons. The van der Waals surface area contributed by atoms with Crippen LogP contribution < -0.4 is 5.73 Å². The third-order valence-electron chi connectivity index (χ3n) is 3.33. The second kappa shape index (κ2) is 4.55. The lowest BCUT2D eigenvalue weighted by molar-refractivity contribution is 0.710. The Hall–Kier alpha value is -2.07. The van der Waals surface area contributed by atoms with Crippen molar-refractivity contribution in [3.8, 4) is 11.3 Å². The first kappa shape index (κ1) is 12.0. The Bertz CT molecular complexity index is 706. The number of nitrogens with two attached hydrogens (primary N) is 1. The number of benzene rings is 1. The largest absolute Gasteiger partial charge is 0.350 e. The van der Waals surface area contributed by atoms with Gasteiger partial charge in [0, 0.05) is 42.2 Å². The molecule has 0 fully saturated rings. The fourth-order valence-corrected chi connectivity index (χ4v) is 2.46. The number of H-pyrrole nitrogens is 1. The molecule has 0 saturated carbocycles. The zero-order valence-electron chi connectivity index (χ0n) is 11.2. The summed E-state index contributed by atoms with van der Waals surface area (Å²) in [5, 5.41) is 1.24. The summed E-state index contributed by atoms with van der Waals surface area (Å²) in [5.74, 6) is 0.943. The van der Waals surface area contributed by atoms with Crippen LogP contribution >= 0.6 is 0 Å². The predicted molar refractivity (Wildman–Crippen MR) is 77.9 cm³/mol. The van der Waals surface area contributed by atoms with Gasteiger partial charge in [-0.25, -0.2) is 4.98 Å². The molecule has 0 radical (unpaired) electrons. The number of rotatable bonds is 3. The number of para-hydroxylation sites is 1. The predicted octanol–water partition coefficient (Wildman–Crippen LogP) is 2.46. The van der Waals surface area contributed by atoms with Crippen LogP contribution in [-0.2, 0) is 13.5 Å². The summed E-state index contributed by atoms with van der Waals surface area (Å²) in [6, 6.07) is 8.49. The van der Waals surface area contributed by atoms with Gasteiger partial charge in [-0.3, -0.25) is 0 Å². The van der Waals surface area contributed by atoms with Gasteiger partial charge in [-0.1, -0.05) is 18.2 Å². The molecule has 3 aromatic rings. The molecule has 4 heteroatoms. The molecule has 3 N–H and O–H groups in total. The molecule has 0 saturated heterocycles. The number of aryl methyl sites for hydroxylation is 1. The number of imidazole rings is 1. The Morgan fingerprint density at radius 3 is 2.95 bits per heavy atom. The van der Waals surface area contributed by atoms with Crippen LogP contribution in [0, 0.1) is 0 Å². The first-order valence-corrected chi connectivity index (χ1v) is 6.49. The van der Waals surface area contributed by atoms with Gasteiger partial charge in [0.25, 0.3) is 0 Å². The smallest absolute Gasteiger partial charge is 0.108 e. The fourth-order valence-electron chi connectivity index (χ4n) is 2.46. The molecule has 1 aromatic carbocycles. The Balaban J connectivity index is 2.07. The van der Waals surface area contributed by atoms with Gasteiger partial charge in [0.2, 0.25) is 0 Å². The average molecular weight is 254 g/mol. The molecule has 4 nitrogen and oxygen atoms in total. The summed E-state index contributed by atoms with van der Waals surface area (Å²) in [5.41, 5.74) is 9.26. The van der Waals surface area contributed by atoms with Crippen molar-refractivity contribution in [2.24, 2.45) is 12.8 Å². The number of hydrogen-bond donors (Lipinski definition) is 2. The lowest BCUT2D eigenvalue weighted by atomic mass is 10.1. The van der Waals surface area contributed by atoms with E-state index in [1.54, 1.807) is 0 Å². The highest BCUT2D eigenvalue weighted by Gasteiger charge is 2.11. The highest BCUT2D eigenvalue weighted by atomic mass is 14.9. The van der Waals surface area contributed by atoms with E-state index in [9.17, 15) is 0 Å². The van der Waals surface area contributed by atoms with Crippen molar-refractivity contribution < 1.29 is 0 Å². The second-order valence-electron chi connectivity index (χ2n) is 5.10. The van der Waals surface area contributed by atoms with Gasteiger partial charge < -0.3 is 15.3 Å². The van der Waals surface area contributed by atoms with E-state index in [1.807, 2.05) is 13.1 Å². The van der Waals surface area contributed by atoms with E-state index in [2.05, 4.69) is 52.0 Å². The van der Waals surface area contributed by atoms with Gasteiger partial charge in [0.1, 0.15) is 5.82 Å². The van der Waals surface area contributed by atoms with Crippen LogP contribution in [0.1, 0.15) is 12.7 Å². The first-order chi connectivity index (χ1) is 9.15. The van der Waals surface area contributed by atoms with Crippen molar-refractivity contribution in [1.82, 2.24) is 14.5 Å². The van der Waals surface area contributed by atoms with E-state index in [4.69, 9.17) is 5.73 Å². The van der Waals surface area contributed by atoms with Crippen molar-refractivity contribution in [2.75, 3.05) is 0 Å². The van der Waals surface area contributed by atoms with Crippen LogP contribution in [-0.4, -0.2) is 20.6 Å². The van der Waals surface area contributed by atoms with Gasteiger partial charge in [0.05, 0.1) is 11.9 Å². The number of aromatic amines is 1. The van der Waals surface area contributed by atoms with E-state index >= 15 is 0 Å². The van der Waals surface area contributed by atoms with Crippen LogP contribution in [0.2, 0.25) is 0 Å². The maximum Gasteiger partial charge on any atom is 0.108 e. The highest BCUT2D eigenvalue weighted by Crippen LogP contribution is 2.28. The molecule has 2 aromatic heterocycles. The van der Waals surface area contributed by atoms with E-state index in [-0.39, 0.29) is 6.04 Å². The van der Waals surface area contributed by atoms with Gasteiger partial charge in [-0.2, -0.15) is 0 Å². The van der Waals surface area contributed by atoms with Crippen molar-refractivity contribution in [3.05, 3.63) is 42.5 Å². The van der Waals surface area contributed by atoms with Crippen molar-refractivity contribution in [3.63, 3.8) is 0 Å². The molecule has 0 amide bonds. The molecule has 0 bridgehead atoms. The molecule has 3 rings (SSSR count). The monoisotopic (exact) mass is 254 g/mol. The maximum absolute atomic E-state index is 5.80. The molecule has 2 heterocycles. The van der Waals surface area contributed by atoms with E-state index < -0.39 is 0 Å². The van der Waals surface area contributed by atoms with Gasteiger partial charge >= 0.3 is 0 Å². The second-order valence-corrected chi connectivity index (χ2v) is 5.10. The number of aromatic nitrogens is 3. The SMILES string of the molecule is CC(N)Cc1ncc(-c2cn(C)c3ccccc23)[nH]1.